The van der Waals surface area contributed by atoms with E-state index in [1.807, 2.05) is 4.90 Å². The maximum atomic E-state index is 14.2. The topological polar surface area (TPSA) is 71.4 Å². The molecule has 0 unspecified atom stereocenters. The second kappa shape index (κ2) is 5.36. The van der Waals surface area contributed by atoms with E-state index in [2.05, 4.69) is 15.0 Å². The molecule has 6 nitrogen and oxygen atoms in total. The van der Waals surface area contributed by atoms with Crippen molar-refractivity contribution in [3.63, 3.8) is 0 Å². The van der Waals surface area contributed by atoms with Crippen molar-refractivity contribution < 1.29 is 14.2 Å². The fraction of sp³-hybridized carbons (Fsp3) is 0.533. The second-order valence-electron chi connectivity index (χ2n) is 6.75. The number of fused-ring (bicyclic) bond motifs is 1. The van der Waals surface area contributed by atoms with Gasteiger partial charge in [-0.05, 0) is 18.5 Å². The van der Waals surface area contributed by atoms with E-state index in [9.17, 15) is 9.50 Å². The number of rotatable bonds is 1. The molecule has 3 heterocycles. The van der Waals surface area contributed by atoms with Gasteiger partial charge in [-0.15, -0.1) is 0 Å². The Hall–Kier alpha value is -1.28. The summed E-state index contributed by atoms with van der Waals surface area (Å²) in [6.07, 6.45) is 2.54. The monoisotopic (exact) mass is 372 g/mol. The Morgan fingerprint density at radius 1 is 1.33 bits per heavy atom. The molecule has 2 aromatic heterocycles. The van der Waals surface area contributed by atoms with Crippen LogP contribution in [0, 0.1) is 5.82 Å². The molecule has 2 aromatic rings. The zero-order valence-electron chi connectivity index (χ0n) is 12.9. The van der Waals surface area contributed by atoms with Gasteiger partial charge in [-0.2, -0.15) is 4.98 Å². The normalized spacial score (nSPS) is 30.0. The van der Waals surface area contributed by atoms with Crippen LogP contribution in [0.4, 0.5) is 10.2 Å². The summed E-state index contributed by atoms with van der Waals surface area (Å²) >= 11 is 11.7. The highest BCUT2D eigenvalue weighted by Crippen LogP contribution is 2.46. The van der Waals surface area contributed by atoms with Gasteiger partial charge in [0.1, 0.15) is 11.3 Å². The molecule has 1 N–H and O–H groups in total. The van der Waals surface area contributed by atoms with Crippen LogP contribution < -0.4 is 4.90 Å². The van der Waals surface area contributed by atoms with Gasteiger partial charge in [0, 0.05) is 32.1 Å². The number of hydrogen-bond donors (Lipinski definition) is 1. The van der Waals surface area contributed by atoms with Crippen molar-refractivity contribution in [2.45, 2.75) is 31.0 Å². The van der Waals surface area contributed by atoms with E-state index in [-0.39, 0.29) is 16.0 Å². The van der Waals surface area contributed by atoms with E-state index in [1.54, 1.807) is 6.92 Å². The van der Waals surface area contributed by atoms with Crippen molar-refractivity contribution in [1.82, 2.24) is 15.0 Å². The molecule has 1 aliphatic carbocycles. The summed E-state index contributed by atoms with van der Waals surface area (Å²) in [6.45, 7) is 3.40. The Morgan fingerprint density at radius 3 is 2.79 bits per heavy atom. The van der Waals surface area contributed by atoms with E-state index >= 15 is 0 Å². The molecular weight excluding hydrogens is 358 g/mol. The van der Waals surface area contributed by atoms with Crippen LogP contribution in [0.25, 0.3) is 10.9 Å². The number of aromatic nitrogens is 3. The third-order valence-corrected chi connectivity index (χ3v) is 4.98. The van der Waals surface area contributed by atoms with Gasteiger partial charge in [-0.3, -0.25) is 0 Å². The van der Waals surface area contributed by atoms with Crippen LogP contribution in [-0.2, 0) is 4.74 Å². The lowest BCUT2D eigenvalue weighted by Crippen LogP contribution is -2.64. The SMILES string of the molecule is CC1(O)CC2(CN(c3nc(Cl)nc4c(F)c(Cl)ncc34)CCO2)C1. The Morgan fingerprint density at radius 2 is 2.08 bits per heavy atom. The standard InChI is InChI=1S/C15H15Cl2FN4O2/c1-14(23)5-15(6-14)7-22(2-3-24-15)12-8-4-19-11(16)9(18)10(8)20-13(17)21-12/h4,23H,2-3,5-7H2,1H3. The minimum atomic E-state index is -0.714. The van der Waals surface area contributed by atoms with Crippen LogP contribution in [0.3, 0.4) is 0 Å². The zero-order valence-corrected chi connectivity index (χ0v) is 14.4. The summed E-state index contributed by atoms with van der Waals surface area (Å²) in [4.78, 5) is 14.0. The first-order chi connectivity index (χ1) is 11.3. The van der Waals surface area contributed by atoms with Crippen LogP contribution >= 0.6 is 23.2 Å². The number of aliphatic hydroxyl groups is 1. The fourth-order valence-corrected chi connectivity index (χ4v) is 4.11. The minimum absolute atomic E-state index is 0.0474. The van der Waals surface area contributed by atoms with E-state index in [0.29, 0.717) is 43.7 Å². The predicted octanol–water partition coefficient (Wildman–Crippen LogP) is 2.59. The van der Waals surface area contributed by atoms with E-state index < -0.39 is 17.0 Å². The van der Waals surface area contributed by atoms with Crippen LogP contribution in [0.1, 0.15) is 19.8 Å². The van der Waals surface area contributed by atoms with Crippen molar-refractivity contribution in [3.8, 4) is 0 Å². The quantitative estimate of drug-likeness (QED) is 0.612. The van der Waals surface area contributed by atoms with Crippen LogP contribution in [-0.4, -0.2) is 51.0 Å². The number of morpholine rings is 1. The number of pyridine rings is 1. The summed E-state index contributed by atoms with van der Waals surface area (Å²) in [7, 11) is 0. The van der Waals surface area contributed by atoms with Crippen LogP contribution in [0.15, 0.2) is 6.20 Å². The van der Waals surface area contributed by atoms with Gasteiger partial charge in [0.25, 0.3) is 0 Å². The molecule has 0 aromatic carbocycles. The molecule has 128 valence electrons. The average Bonchev–Trinajstić information content (AvgIpc) is 2.49. The van der Waals surface area contributed by atoms with Gasteiger partial charge in [0.05, 0.1) is 23.2 Å². The molecular formula is C15H15Cl2FN4O2. The second-order valence-corrected chi connectivity index (χ2v) is 7.44. The lowest BCUT2D eigenvalue weighted by atomic mass is 9.67. The molecule has 0 bridgehead atoms. The number of ether oxygens (including phenoxy) is 1. The summed E-state index contributed by atoms with van der Waals surface area (Å²) < 4.78 is 20.1. The highest BCUT2D eigenvalue weighted by atomic mass is 35.5. The summed E-state index contributed by atoms with van der Waals surface area (Å²) in [5, 5.41) is 10.2. The molecule has 1 saturated heterocycles. The Kier molecular flexibility index (Phi) is 3.62. The fourth-order valence-electron chi connectivity index (χ4n) is 3.81. The van der Waals surface area contributed by atoms with Crippen molar-refractivity contribution >= 4 is 39.9 Å². The van der Waals surface area contributed by atoms with E-state index in [4.69, 9.17) is 27.9 Å². The first-order valence-electron chi connectivity index (χ1n) is 7.57. The van der Waals surface area contributed by atoms with Crippen molar-refractivity contribution in [2.75, 3.05) is 24.6 Å². The van der Waals surface area contributed by atoms with E-state index in [0.717, 1.165) is 0 Å². The number of hydrogen-bond acceptors (Lipinski definition) is 6. The molecule has 0 amide bonds. The summed E-state index contributed by atoms with van der Waals surface area (Å²) in [5.41, 5.74) is -1.08. The first kappa shape index (κ1) is 16.2. The summed E-state index contributed by atoms with van der Waals surface area (Å²) in [6, 6.07) is 0. The molecule has 9 heteroatoms. The molecule has 4 rings (SSSR count). The third-order valence-electron chi connectivity index (χ3n) is 4.55. The van der Waals surface area contributed by atoms with Crippen molar-refractivity contribution in [3.05, 3.63) is 22.5 Å². The predicted molar refractivity (Wildman–Crippen MR) is 88.1 cm³/mol. The summed E-state index contributed by atoms with van der Waals surface area (Å²) in [5.74, 6) is -0.212. The van der Waals surface area contributed by atoms with Gasteiger partial charge in [0.2, 0.25) is 5.28 Å². The van der Waals surface area contributed by atoms with Gasteiger partial charge >= 0.3 is 0 Å². The first-order valence-corrected chi connectivity index (χ1v) is 8.33. The lowest BCUT2D eigenvalue weighted by molar-refractivity contribution is -0.202. The Balaban J connectivity index is 1.75. The van der Waals surface area contributed by atoms with Crippen LogP contribution in [0.5, 0.6) is 0 Å². The van der Waals surface area contributed by atoms with Crippen LogP contribution in [0.2, 0.25) is 10.4 Å². The maximum absolute atomic E-state index is 14.2. The number of nitrogens with zero attached hydrogens (tertiary/aromatic N) is 4. The number of halogens is 3. The van der Waals surface area contributed by atoms with Gasteiger partial charge in [-0.25, -0.2) is 14.4 Å². The third kappa shape index (κ3) is 2.60. The maximum Gasteiger partial charge on any atom is 0.225 e. The Labute approximate surface area is 147 Å². The van der Waals surface area contributed by atoms with Gasteiger partial charge < -0.3 is 14.7 Å². The molecule has 1 aliphatic heterocycles. The highest BCUT2D eigenvalue weighted by molar-refractivity contribution is 6.30. The molecule has 1 spiro atoms. The van der Waals surface area contributed by atoms with E-state index in [1.165, 1.54) is 6.20 Å². The molecule has 0 radical (unpaired) electrons. The lowest BCUT2D eigenvalue weighted by Gasteiger charge is -2.55. The van der Waals surface area contributed by atoms with Crippen molar-refractivity contribution in [2.24, 2.45) is 0 Å². The molecule has 24 heavy (non-hydrogen) atoms. The zero-order chi connectivity index (χ0) is 17.1. The smallest absolute Gasteiger partial charge is 0.225 e. The molecule has 2 fully saturated rings. The van der Waals surface area contributed by atoms with Gasteiger partial charge in [-0.1, -0.05) is 11.6 Å². The molecule has 1 saturated carbocycles. The number of anilines is 1. The van der Waals surface area contributed by atoms with Crippen molar-refractivity contribution in [1.29, 1.82) is 0 Å². The molecule has 0 atom stereocenters. The molecule has 2 aliphatic rings. The average molecular weight is 373 g/mol. The van der Waals surface area contributed by atoms with Gasteiger partial charge in [0.15, 0.2) is 11.0 Å². The Bertz CT molecular complexity index is 825. The highest BCUT2D eigenvalue weighted by Gasteiger charge is 2.54. The minimum Gasteiger partial charge on any atom is -0.390 e. The largest absolute Gasteiger partial charge is 0.390 e.